The van der Waals surface area contributed by atoms with Crippen LogP contribution in [0.15, 0.2) is 24.3 Å². The summed E-state index contributed by atoms with van der Waals surface area (Å²) in [6, 6.07) is 11.4. The summed E-state index contributed by atoms with van der Waals surface area (Å²) in [7, 11) is 0. The zero-order chi connectivity index (χ0) is 11.9. The van der Waals surface area contributed by atoms with Crippen molar-refractivity contribution >= 4 is 5.69 Å². The van der Waals surface area contributed by atoms with Crippen LogP contribution in [-0.2, 0) is 6.42 Å². The summed E-state index contributed by atoms with van der Waals surface area (Å²) in [4.78, 5) is 2.71. The second-order valence-electron chi connectivity index (χ2n) is 6.19. The zero-order valence-electron chi connectivity index (χ0n) is 10.9. The van der Waals surface area contributed by atoms with Gasteiger partial charge in [-0.05, 0) is 50.2 Å². The molecule has 0 spiro atoms. The molecule has 3 aliphatic rings. The molecule has 2 heteroatoms. The van der Waals surface area contributed by atoms with Crippen molar-refractivity contribution in [3.05, 3.63) is 29.8 Å². The summed E-state index contributed by atoms with van der Waals surface area (Å²) < 4.78 is 0. The average Bonchev–Trinajstić information content (AvgIpc) is 2.77. The van der Waals surface area contributed by atoms with Gasteiger partial charge in [0.25, 0.3) is 0 Å². The number of piperidine rings is 1. The Morgan fingerprint density at radius 1 is 1.06 bits per heavy atom. The summed E-state index contributed by atoms with van der Waals surface area (Å²) in [6.45, 7) is 1.27. The maximum absolute atomic E-state index is 3.76. The highest BCUT2D eigenvalue weighted by Crippen LogP contribution is 2.35. The molecule has 0 radical (unpaired) electrons. The Morgan fingerprint density at radius 3 is 2.67 bits per heavy atom. The minimum Gasteiger partial charge on any atom is -0.368 e. The molecule has 1 aromatic rings. The summed E-state index contributed by atoms with van der Waals surface area (Å²) in [5, 5.41) is 3.76. The average molecular weight is 242 g/mol. The van der Waals surface area contributed by atoms with Crippen molar-refractivity contribution < 1.29 is 0 Å². The first-order chi connectivity index (χ1) is 8.90. The summed E-state index contributed by atoms with van der Waals surface area (Å²) in [5.41, 5.74) is 3.09. The highest BCUT2D eigenvalue weighted by atomic mass is 15.2. The lowest BCUT2D eigenvalue weighted by Gasteiger charge is -2.42. The van der Waals surface area contributed by atoms with Gasteiger partial charge in [0.2, 0.25) is 0 Å². The normalized spacial score (nSPS) is 34.4. The van der Waals surface area contributed by atoms with E-state index in [1.54, 1.807) is 5.56 Å². The first kappa shape index (κ1) is 10.9. The molecule has 18 heavy (non-hydrogen) atoms. The number of aryl methyl sites for hydroxylation is 1. The largest absolute Gasteiger partial charge is 0.368 e. The van der Waals surface area contributed by atoms with Crippen molar-refractivity contribution in [2.45, 2.75) is 56.7 Å². The maximum Gasteiger partial charge on any atom is 0.0401 e. The van der Waals surface area contributed by atoms with Crippen LogP contribution in [0.1, 0.15) is 37.7 Å². The molecule has 96 valence electrons. The third-order valence-electron chi connectivity index (χ3n) is 5.04. The molecule has 2 saturated heterocycles. The monoisotopic (exact) mass is 242 g/mol. The van der Waals surface area contributed by atoms with Crippen LogP contribution < -0.4 is 10.2 Å². The van der Waals surface area contributed by atoms with Crippen LogP contribution >= 0.6 is 0 Å². The number of rotatable bonds is 1. The molecule has 3 aliphatic heterocycles. The molecular formula is C16H22N2. The Hall–Kier alpha value is -1.02. The molecule has 0 saturated carbocycles. The maximum atomic E-state index is 3.76. The molecule has 2 unspecified atom stereocenters. The van der Waals surface area contributed by atoms with Gasteiger partial charge in [0, 0.05) is 30.4 Å². The molecule has 1 N–H and O–H groups in total. The van der Waals surface area contributed by atoms with Crippen LogP contribution in [0, 0.1) is 0 Å². The molecule has 2 bridgehead atoms. The van der Waals surface area contributed by atoms with Gasteiger partial charge in [-0.2, -0.15) is 0 Å². The van der Waals surface area contributed by atoms with E-state index in [0.717, 1.165) is 18.1 Å². The van der Waals surface area contributed by atoms with E-state index in [9.17, 15) is 0 Å². The van der Waals surface area contributed by atoms with Crippen LogP contribution in [0.5, 0.6) is 0 Å². The number of hydrogen-bond donors (Lipinski definition) is 1. The van der Waals surface area contributed by atoms with E-state index in [4.69, 9.17) is 0 Å². The number of nitrogens with zero attached hydrogens (tertiary/aromatic N) is 1. The van der Waals surface area contributed by atoms with Crippen LogP contribution in [0.2, 0.25) is 0 Å². The number of hydrogen-bond acceptors (Lipinski definition) is 2. The SMILES string of the molecule is c1ccc2c(c1)CCCN2C1CC2CCC(C1)N2. The van der Waals surface area contributed by atoms with Crippen molar-refractivity contribution in [3.63, 3.8) is 0 Å². The predicted octanol–water partition coefficient (Wildman–Crippen LogP) is 2.72. The molecule has 4 rings (SSSR count). The highest BCUT2D eigenvalue weighted by molar-refractivity contribution is 5.56. The highest BCUT2D eigenvalue weighted by Gasteiger charge is 2.36. The molecule has 0 aromatic heterocycles. The van der Waals surface area contributed by atoms with Crippen molar-refractivity contribution in [3.8, 4) is 0 Å². The zero-order valence-corrected chi connectivity index (χ0v) is 10.9. The molecule has 2 fully saturated rings. The van der Waals surface area contributed by atoms with E-state index in [0.29, 0.717) is 0 Å². The quantitative estimate of drug-likeness (QED) is 0.814. The van der Waals surface area contributed by atoms with Gasteiger partial charge in [0.1, 0.15) is 0 Å². The minimum atomic E-state index is 0.783. The van der Waals surface area contributed by atoms with E-state index in [2.05, 4.69) is 34.5 Å². The van der Waals surface area contributed by atoms with E-state index < -0.39 is 0 Å². The van der Waals surface area contributed by atoms with Gasteiger partial charge in [-0.25, -0.2) is 0 Å². The van der Waals surface area contributed by atoms with Crippen molar-refractivity contribution in [2.75, 3.05) is 11.4 Å². The smallest absolute Gasteiger partial charge is 0.0401 e. The predicted molar refractivity (Wildman–Crippen MR) is 75.1 cm³/mol. The lowest BCUT2D eigenvalue weighted by atomic mass is 9.93. The first-order valence-electron chi connectivity index (χ1n) is 7.51. The van der Waals surface area contributed by atoms with Gasteiger partial charge in [-0.1, -0.05) is 18.2 Å². The van der Waals surface area contributed by atoms with Crippen LogP contribution in [-0.4, -0.2) is 24.7 Å². The second kappa shape index (κ2) is 4.27. The van der Waals surface area contributed by atoms with Crippen molar-refractivity contribution in [1.82, 2.24) is 5.32 Å². The Labute approximate surface area is 109 Å². The standard InChI is InChI=1S/C16H22N2/c1-2-6-16-12(4-1)5-3-9-18(16)15-10-13-7-8-14(11-15)17-13/h1-2,4,6,13-15,17H,3,5,7-11H2. The molecule has 2 atom stereocenters. The molecule has 0 aliphatic carbocycles. The van der Waals surface area contributed by atoms with Gasteiger partial charge in [0.05, 0.1) is 0 Å². The fraction of sp³-hybridized carbons (Fsp3) is 0.625. The van der Waals surface area contributed by atoms with E-state index in [1.165, 1.54) is 50.8 Å². The molecule has 2 nitrogen and oxygen atoms in total. The van der Waals surface area contributed by atoms with Crippen LogP contribution in [0.4, 0.5) is 5.69 Å². The van der Waals surface area contributed by atoms with Gasteiger partial charge >= 0.3 is 0 Å². The number of fused-ring (bicyclic) bond motifs is 3. The lowest BCUT2D eigenvalue weighted by molar-refractivity contribution is 0.343. The Morgan fingerprint density at radius 2 is 1.83 bits per heavy atom. The summed E-state index contributed by atoms with van der Waals surface area (Å²) >= 11 is 0. The van der Waals surface area contributed by atoms with Crippen LogP contribution in [0.3, 0.4) is 0 Å². The summed E-state index contributed by atoms with van der Waals surface area (Å²) in [6.07, 6.45) is 8.10. The number of anilines is 1. The third kappa shape index (κ3) is 1.74. The third-order valence-corrected chi connectivity index (χ3v) is 5.04. The number of benzene rings is 1. The van der Waals surface area contributed by atoms with Gasteiger partial charge in [0.15, 0.2) is 0 Å². The molecule has 0 amide bonds. The fourth-order valence-corrected chi connectivity index (χ4v) is 4.22. The Bertz CT molecular complexity index is 430. The van der Waals surface area contributed by atoms with E-state index >= 15 is 0 Å². The van der Waals surface area contributed by atoms with Gasteiger partial charge in [-0.15, -0.1) is 0 Å². The lowest BCUT2D eigenvalue weighted by Crippen LogP contribution is -2.49. The Kier molecular flexibility index (Phi) is 2.58. The second-order valence-corrected chi connectivity index (χ2v) is 6.19. The molecular weight excluding hydrogens is 220 g/mol. The van der Waals surface area contributed by atoms with Crippen LogP contribution in [0.25, 0.3) is 0 Å². The number of para-hydroxylation sites is 1. The summed E-state index contributed by atoms with van der Waals surface area (Å²) in [5.74, 6) is 0. The van der Waals surface area contributed by atoms with Crippen molar-refractivity contribution in [2.24, 2.45) is 0 Å². The minimum absolute atomic E-state index is 0.783. The first-order valence-corrected chi connectivity index (χ1v) is 7.51. The topological polar surface area (TPSA) is 15.3 Å². The van der Waals surface area contributed by atoms with Crippen molar-refractivity contribution in [1.29, 1.82) is 0 Å². The van der Waals surface area contributed by atoms with E-state index in [1.807, 2.05) is 0 Å². The Balaban J connectivity index is 1.62. The number of nitrogens with one attached hydrogen (secondary N) is 1. The molecule has 1 aromatic carbocycles. The van der Waals surface area contributed by atoms with Gasteiger partial charge < -0.3 is 10.2 Å². The van der Waals surface area contributed by atoms with Gasteiger partial charge in [-0.3, -0.25) is 0 Å². The fourth-order valence-electron chi connectivity index (χ4n) is 4.22. The molecule has 3 heterocycles. The van der Waals surface area contributed by atoms with E-state index in [-0.39, 0.29) is 0 Å².